The van der Waals surface area contributed by atoms with E-state index in [1.54, 1.807) is 0 Å². The maximum atomic E-state index is 5.79. The van der Waals surface area contributed by atoms with Gasteiger partial charge in [-0.3, -0.25) is 0 Å². The second-order valence-corrected chi connectivity index (χ2v) is 4.61. The first kappa shape index (κ1) is 13.2. The van der Waals surface area contributed by atoms with Crippen LogP contribution < -0.4 is 4.90 Å². The Bertz CT molecular complexity index is 339. The van der Waals surface area contributed by atoms with E-state index in [-0.39, 0.29) is 0 Å². The Labute approximate surface area is 103 Å². The molecule has 0 aliphatic carbocycles. The van der Waals surface area contributed by atoms with Gasteiger partial charge in [-0.05, 0) is 19.8 Å². The smallest absolute Gasteiger partial charge is 0.225 e. The Morgan fingerprint density at radius 1 is 1.44 bits per heavy atom. The molecule has 1 aromatic rings. The molecule has 0 amide bonds. The molecular formula is C12H20ClN3. The lowest BCUT2D eigenvalue weighted by Gasteiger charge is -2.23. The highest BCUT2D eigenvalue weighted by Crippen LogP contribution is 2.14. The van der Waals surface area contributed by atoms with Crippen molar-refractivity contribution >= 4 is 17.5 Å². The van der Waals surface area contributed by atoms with Gasteiger partial charge in [-0.25, -0.2) is 9.97 Å². The lowest BCUT2D eigenvalue weighted by atomic mass is 10.2. The molecule has 3 nitrogen and oxygen atoms in total. The van der Waals surface area contributed by atoms with Crippen LogP contribution in [0.5, 0.6) is 0 Å². The lowest BCUT2D eigenvalue weighted by molar-refractivity contribution is 0.608. The van der Waals surface area contributed by atoms with Gasteiger partial charge in [-0.1, -0.05) is 13.8 Å². The maximum absolute atomic E-state index is 5.79. The molecule has 0 radical (unpaired) electrons. The van der Waals surface area contributed by atoms with Crippen LogP contribution in [0.3, 0.4) is 0 Å². The molecule has 0 N–H and O–H groups in total. The van der Waals surface area contributed by atoms with Gasteiger partial charge in [0.15, 0.2) is 0 Å². The number of aromatic nitrogens is 2. The fourth-order valence-electron chi connectivity index (χ4n) is 1.56. The summed E-state index contributed by atoms with van der Waals surface area (Å²) in [4.78, 5) is 11.1. The van der Waals surface area contributed by atoms with Gasteiger partial charge in [0.1, 0.15) is 0 Å². The monoisotopic (exact) mass is 241 g/mol. The van der Waals surface area contributed by atoms with Crippen molar-refractivity contribution in [2.24, 2.45) is 5.92 Å². The summed E-state index contributed by atoms with van der Waals surface area (Å²) in [5, 5.41) is 0. The van der Waals surface area contributed by atoms with E-state index in [4.69, 9.17) is 11.6 Å². The Morgan fingerprint density at radius 3 is 2.56 bits per heavy atom. The van der Waals surface area contributed by atoms with Crippen molar-refractivity contribution in [3.63, 3.8) is 0 Å². The van der Waals surface area contributed by atoms with Crippen molar-refractivity contribution in [3.05, 3.63) is 17.5 Å². The second kappa shape index (κ2) is 6.04. The van der Waals surface area contributed by atoms with Crippen molar-refractivity contribution in [1.82, 2.24) is 9.97 Å². The van der Waals surface area contributed by atoms with Crippen LogP contribution in [0.25, 0.3) is 0 Å². The summed E-state index contributed by atoms with van der Waals surface area (Å²) in [5.41, 5.74) is 1.98. The van der Waals surface area contributed by atoms with Gasteiger partial charge in [0, 0.05) is 30.5 Å². The van der Waals surface area contributed by atoms with Crippen LogP contribution in [0, 0.1) is 12.8 Å². The highest BCUT2D eigenvalue weighted by atomic mass is 35.5. The predicted octanol–water partition coefficient (Wildman–Crippen LogP) is 3.01. The van der Waals surface area contributed by atoms with Crippen LogP contribution in [-0.2, 0) is 5.88 Å². The largest absolute Gasteiger partial charge is 0.341 e. The third-order valence-electron chi connectivity index (χ3n) is 2.46. The Morgan fingerprint density at radius 2 is 2.12 bits per heavy atom. The Kier molecular flexibility index (Phi) is 5.00. The minimum absolute atomic E-state index is 0.475. The van der Waals surface area contributed by atoms with E-state index in [1.165, 1.54) is 0 Å². The molecule has 0 saturated heterocycles. The van der Waals surface area contributed by atoms with E-state index in [0.717, 1.165) is 30.3 Å². The summed E-state index contributed by atoms with van der Waals surface area (Å²) in [5.74, 6) is 1.89. The van der Waals surface area contributed by atoms with Gasteiger partial charge in [-0.2, -0.15) is 0 Å². The molecule has 16 heavy (non-hydrogen) atoms. The van der Waals surface area contributed by atoms with Crippen molar-refractivity contribution in [3.8, 4) is 0 Å². The van der Waals surface area contributed by atoms with E-state index >= 15 is 0 Å². The quantitative estimate of drug-likeness (QED) is 0.743. The van der Waals surface area contributed by atoms with Crippen molar-refractivity contribution < 1.29 is 0 Å². The summed E-state index contributed by atoms with van der Waals surface area (Å²) >= 11 is 5.79. The van der Waals surface area contributed by atoms with Gasteiger partial charge in [0.05, 0.1) is 5.88 Å². The van der Waals surface area contributed by atoms with E-state index in [2.05, 4.69) is 35.6 Å². The van der Waals surface area contributed by atoms with Gasteiger partial charge >= 0.3 is 0 Å². The Hall–Kier alpha value is -0.830. The topological polar surface area (TPSA) is 29.0 Å². The Balaban J connectivity index is 2.89. The van der Waals surface area contributed by atoms with Crippen LogP contribution in [0.4, 0.5) is 5.95 Å². The summed E-state index contributed by atoms with van der Waals surface area (Å²) in [7, 11) is 0. The zero-order valence-electron chi connectivity index (χ0n) is 10.5. The molecule has 0 spiro atoms. The number of hydrogen-bond donors (Lipinski definition) is 0. The molecule has 90 valence electrons. The van der Waals surface area contributed by atoms with Crippen LogP contribution in [0.15, 0.2) is 6.20 Å². The van der Waals surface area contributed by atoms with Gasteiger partial charge in [0.2, 0.25) is 5.95 Å². The number of nitrogens with zero attached hydrogens (tertiary/aromatic N) is 3. The summed E-state index contributed by atoms with van der Waals surface area (Å²) in [6.45, 7) is 10.4. The molecule has 4 heteroatoms. The van der Waals surface area contributed by atoms with Crippen LogP contribution in [0.1, 0.15) is 32.0 Å². The molecule has 0 unspecified atom stereocenters. The molecule has 0 saturated carbocycles. The van der Waals surface area contributed by atoms with Crippen molar-refractivity contribution in [2.45, 2.75) is 33.6 Å². The zero-order chi connectivity index (χ0) is 12.1. The average molecular weight is 242 g/mol. The molecule has 0 aliphatic heterocycles. The molecule has 0 bridgehead atoms. The molecule has 1 aromatic heterocycles. The minimum Gasteiger partial charge on any atom is -0.341 e. The lowest BCUT2D eigenvalue weighted by Crippen LogP contribution is -2.29. The minimum atomic E-state index is 0.475. The molecular weight excluding hydrogens is 222 g/mol. The third-order valence-corrected chi connectivity index (χ3v) is 2.75. The third kappa shape index (κ3) is 3.34. The van der Waals surface area contributed by atoms with Crippen LogP contribution >= 0.6 is 11.6 Å². The normalized spacial score (nSPS) is 10.9. The fraction of sp³-hybridized carbons (Fsp3) is 0.667. The zero-order valence-corrected chi connectivity index (χ0v) is 11.3. The first-order valence-corrected chi connectivity index (χ1v) is 6.25. The van der Waals surface area contributed by atoms with E-state index in [9.17, 15) is 0 Å². The molecule has 1 rings (SSSR count). The molecule has 0 atom stereocenters. The maximum Gasteiger partial charge on any atom is 0.225 e. The van der Waals surface area contributed by atoms with Crippen LogP contribution in [0.2, 0.25) is 0 Å². The molecule has 1 heterocycles. The highest BCUT2D eigenvalue weighted by molar-refractivity contribution is 6.17. The summed E-state index contributed by atoms with van der Waals surface area (Å²) in [6, 6.07) is 0. The van der Waals surface area contributed by atoms with Crippen molar-refractivity contribution in [1.29, 1.82) is 0 Å². The standard InChI is InChI=1S/C12H20ClN3/c1-5-16(8-9(2)3)12-14-7-11(6-13)10(4)15-12/h7,9H,5-6,8H2,1-4H3. The first-order valence-electron chi connectivity index (χ1n) is 5.71. The predicted molar refractivity (Wildman–Crippen MR) is 69.1 cm³/mol. The number of rotatable bonds is 5. The molecule has 0 aromatic carbocycles. The molecule has 0 fully saturated rings. The van der Waals surface area contributed by atoms with E-state index < -0.39 is 0 Å². The fourth-order valence-corrected chi connectivity index (χ4v) is 1.82. The highest BCUT2D eigenvalue weighted by Gasteiger charge is 2.10. The van der Waals surface area contributed by atoms with Gasteiger partial charge in [-0.15, -0.1) is 11.6 Å². The SMILES string of the molecule is CCN(CC(C)C)c1ncc(CCl)c(C)n1. The second-order valence-electron chi connectivity index (χ2n) is 4.35. The average Bonchev–Trinajstić information content (AvgIpc) is 2.25. The van der Waals surface area contributed by atoms with Gasteiger partial charge < -0.3 is 4.90 Å². The van der Waals surface area contributed by atoms with E-state index in [0.29, 0.717) is 11.8 Å². The molecule has 0 aliphatic rings. The summed E-state index contributed by atoms with van der Waals surface area (Å²) < 4.78 is 0. The van der Waals surface area contributed by atoms with Crippen LogP contribution in [-0.4, -0.2) is 23.1 Å². The number of hydrogen-bond acceptors (Lipinski definition) is 3. The van der Waals surface area contributed by atoms with Gasteiger partial charge in [0.25, 0.3) is 0 Å². The number of halogens is 1. The number of aryl methyl sites for hydroxylation is 1. The van der Waals surface area contributed by atoms with Crippen molar-refractivity contribution in [2.75, 3.05) is 18.0 Å². The first-order chi connectivity index (χ1) is 7.58. The number of anilines is 1. The van der Waals surface area contributed by atoms with E-state index in [1.807, 2.05) is 13.1 Å². The number of alkyl halides is 1. The summed E-state index contributed by atoms with van der Waals surface area (Å²) in [6.07, 6.45) is 1.83.